The molecule has 0 fully saturated rings. The highest BCUT2D eigenvalue weighted by molar-refractivity contribution is 7.90. The van der Waals surface area contributed by atoms with E-state index in [1.165, 1.54) is 24.7 Å². The Morgan fingerprint density at radius 1 is 1.04 bits per heavy atom. The van der Waals surface area contributed by atoms with Crippen LogP contribution >= 0.6 is 0 Å². The zero-order valence-corrected chi connectivity index (χ0v) is 13.8. The van der Waals surface area contributed by atoms with Crippen molar-refractivity contribution in [3.05, 3.63) is 74.6 Å². The van der Waals surface area contributed by atoms with Gasteiger partial charge in [-0.3, -0.25) is 13.9 Å². The molecule has 0 unspecified atom stereocenters. The first kappa shape index (κ1) is 17.0. The molecule has 122 valence electrons. The largest absolute Gasteiger partial charge is 0.330 e. The lowest BCUT2D eigenvalue weighted by molar-refractivity contribution is 0.592. The molecule has 7 heteroatoms. The molecule has 1 aromatic carbocycles. The summed E-state index contributed by atoms with van der Waals surface area (Å²) >= 11 is 0. The number of rotatable bonds is 5. The fourth-order valence-electron chi connectivity index (χ4n) is 2.10. The van der Waals surface area contributed by atoms with Crippen molar-refractivity contribution >= 4 is 15.9 Å². The van der Waals surface area contributed by atoms with Crippen LogP contribution < -0.4 is 11.2 Å². The first-order valence-corrected chi connectivity index (χ1v) is 8.80. The van der Waals surface area contributed by atoms with Crippen molar-refractivity contribution in [2.45, 2.75) is 5.75 Å². The smallest absolute Gasteiger partial charge is 0.300 e. The van der Waals surface area contributed by atoms with Crippen LogP contribution in [-0.2, 0) is 29.7 Å². The molecule has 0 saturated heterocycles. The van der Waals surface area contributed by atoms with E-state index < -0.39 is 21.1 Å². The third kappa shape index (κ3) is 4.29. The quantitative estimate of drug-likeness (QED) is 0.807. The highest BCUT2D eigenvalue weighted by Crippen LogP contribution is 2.05. The van der Waals surface area contributed by atoms with Crippen LogP contribution in [0.25, 0.3) is 6.08 Å². The molecule has 0 saturated carbocycles. The average molecular weight is 334 g/mol. The summed E-state index contributed by atoms with van der Waals surface area (Å²) in [6.45, 7) is 0. The summed E-state index contributed by atoms with van der Waals surface area (Å²) < 4.78 is 26.5. The van der Waals surface area contributed by atoms with E-state index in [0.29, 0.717) is 0 Å². The van der Waals surface area contributed by atoms with Crippen LogP contribution in [-0.4, -0.2) is 23.3 Å². The van der Waals surface area contributed by atoms with Crippen LogP contribution in [0.3, 0.4) is 0 Å². The Balaban J connectivity index is 2.18. The van der Waals surface area contributed by atoms with Gasteiger partial charge in [-0.25, -0.2) is 13.2 Å². The minimum Gasteiger partial charge on any atom is -0.300 e. The van der Waals surface area contributed by atoms with Gasteiger partial charge < -0.3 is 0 Å². The molecule has 0 aliphatic rings. The lowest BCUT2D eigenvalue weighted by Gasteiger charge is -2.09. The summed E-state index contributed by atoms with van der Waals surface area (Å²) in [6, 6.07) is 10.5. The second-order valence-corrected chi connectivity index (χ2v) is 7.35. The minimum absolute atomic E-state index is 0.161. The molecule has 0 N–H and O–H groups in total. The molecule has 0 aliphatic heterocycles. The Hall–Kier alpha value is -2.41. The van der Waals surface area contributed by atoms with Crippen molar-refractivity contribution in [3.63, 3.8) is 0 Å². The minimum atomic E-state index is -3.47. The Bertz CT molecular complexity index is 938. The SMILES string of the molecule is Cn1c(CS(=O)(=O)C/C=C\c2ccccc2)cc(=O)n(C)c1=O. The lowest BCUT2D eigenvalue weighted by Crippen LogP contribution is -2.38. The monoisotopic (exact) mass is 334 g/mol. The second kappa shape index (κ2) is 6.78. The highest BCUT2D eigenvalue weighted by atomic mass is 32.2. The summed E-state index contributed by atoms with van der Waals surface area (Å²) in [5.41, 5.74) is 0.0375. The van der Waals surface area contributed by atoms with Crippen LogP contribution in [0.1, 0.15) is 11.3 Å². The van der Waals surface area contributed by atoms with E-state index in [9.17, 15) is 18.0 Å². The van der Waals surface area contributed by atoms with E-state index in [2.05, 4.69) is 0 Å². The molecule has 1 aromatic heterocycles. The van der Waals surface area contributed by atoms with E-state index in [1.807, 2.05) is 30.3 Å². The van der Waals surface area contributed by atoms with Gasteiger partial charge in [0.05, 0.1) is 11.5 Å². The molecule has 6 nitrogen and oxygen atoms in total. The van der Waals surface area contributed by atoms with E-state index in [4.69, 9.17) is 0 Å². The summed E-state index contributed by atoms with van der Waals surface area (Å²) in [7, 11) is -0.665. The molecular formula is C16H18N2O4S. The predicted octanol–water partition coefficient (Wildman–Crippen LogP) is 0.712. The molecule has 0 aliphatic carbocycles. The summed E-state index contributed by atoms with van der Waals surface area (Å²) in [4.78, 5) is 23.5. The zero-order chi connectivity index (χ0) is 17.0. The molecular weight excluding hydrogens is 316 g/mol. The fourth-order valence-corrected chi connectivity index (χ4v) is 3.33. The van der Waals surface area contributed by atoms with Gasteiger partial charge in [0.25, 0.3) is 5.56 Å². The number of hydrogen-bond acceptors (Lipinski definition) is 4. The van der Waals surface area contributed by atoms with Crippen LogP contribution in [0, 0.1) is 0 Å². The standard InChI is InChI=1S/C16H18N2O4S/c1-17-14(11-15(19)18(2)16(17)20)12-23(21,22)10-6-9-13-7-4-3-5-8-13/h3-9,11H,10,12H2,1-2H3/b9-6-. The second-order valence-electron chi connectivity index (χ2n) is 5.24. The third-order valence-electron chi connectivity index (χ3n) is 3.45. The first-order valence-electron chi connectivity index (χ1n) is 6.98. The molecule has 0 bridgehead atoms. The Kier molecular flexibility index (Phi) is 5.00. The molecule has 0 radical (unpaired) electrons. The number of benzene rings is 1. The van der Waals surface area contributed by atoms with Crippen molar-refractivity contribution < 1.29 is 8.42 Å². The predicted molar refractivity (Wildman–Crippen MR) is 89.9 cm³/mol. The molecule has 0 atom stereocenters. The summed E-state index contributed by atoms with van der Waals surface area (Å²) in [5, 5.41) is 0. The van der Waals surface area contributed by atoms with Gasteiger partial charge in [-0.05, 0) is 5.56 Å². The average Bonchev–Trinajstić information content (AvgIpc) is 2.51. The van der Waals surface area contributed by atoms with Crippen LogP contribution in [0.4, 0.5) is 0 Å². The molecule has 2 aromatic rings. The molecule has 0 amide bonds. The Morgan fingerprint density at radius 3 is 2.35 bits per heavy atom. The van der Waals surface area contributed by atoms with Crippen molar-refractivity contribution in [1.29, 1.82) is 0 Å². The van der Waals surface area contributed by atoms with Crippen molar-refractivity contribution in [2.24, 2.45) is 14.1 Å². The van der Waals surface area contributed by atoms with E-state index in [1.54, 1.807) is 12.2 Å². The van der Waals surface area contributed by atoms with Gasteiger partial charge in [-0.15, -0.1) is 0 Å². The molecule has 0 spiro atoms. The first-order chi connectivity index (χ1) is 10.8. The molecule has 23 heavy (non-hydrogen) atoms. The van der Waals surface area contributed by atoms with Crippen molar-refractivity contribution in [1.82, 2.24) is 9.13 Å². The number of nitrogens with zero attached hydrogens (tertiary/aromatic N) is 2. The highest BCUT2D eigenvalue weighted by Gasteiger charge is 2.14. The van der Waals surface area contributed by atoms with E-state index >= 15 is 0 Å². The van der Waals surface area contributed by atoms with Gasteiger partial charge in [0, 0.05) is 25.9 Å². The maximum atomic E-state index is 12.2. The van der Waals surface area contributed by atoms with Crippen LogP contribution in [0.15, 0.2) is 52.1 Å². The van der Waals surface area contributed by atoms with Gasteiger partial charge >= 0.3 is 5.69 Å². The van der Waals surface area contributed by atoms with Gasteiger partial charge in [0.2, 0.25) is 0 Å². The molecule has 1 heterocycles. The molecule has 2 rings (SSSR count). The van der Waals surface area contributed by atoms with Crippen LogP contribution in [0.5, 0.6) is 0 Å². The van der Waals surface area contributed by atoms with E-state index in [0.717, 1.165) is 10.1 Å². The van der Waals surface area contributed by atoms with Crippen molar-refractivity contribution in [3.8, 4) is 0 Å². The van der Waals surface area contributed by atoms with Gasteiger partial charge in [-0.2, -0.15) is 0 Å². The zero-order valence-electron chi connectivity index (χ0n) is 13.0. The Labute approximate surface area is 134 Å². The van der Waals surface area contributed by atoms with Gasteiger partial charge in [0.1, 0.15) is 0 Å². The number of hydrogen-bond donors (Lipinski definition) is 0. The van der Waals surface area contributed by atoms with Gasteiger partial charge in [-0.1, -0.05) is 42.5 Å². The maximum Gasteiger partial charge on any atom is 0.330 e. The van der Waals surface area contributed by atoms with E-state index in [-0.39, 0.29) is 17.2 Å². The number of aromatic nitrogens is 2. The lowest BCUT2D eigenvalue weighted by atomic mass is 10.2. The number of sulfone groups is 1. The fraction of sp³-hybridized carbons (Fsp3) is 0.250. The maximum absolute atomic E-state index is 12.2. The summed E-state index contributed by atoms with van der Waals surface area (Å²) in [6.07, 6.45) is 3.28. The Morgan fingerprint density at radius 2 is 1.70 bits per heavy atom. The van der Waals surface area contributed by atoms with Crippen molar-refractivity contribution in [2.75, 3.05) is 5.75 Å². The van der Waals surface area contributed by atoms with Crippen LogP contribution in [0.2, 0.25) is 0 Å². The normalized spacial score (nSPS) is 11.9. The third-order valence-corrected chi connectivity index (χ3v) is 4.89. The van der Waals surface area contributed by atoms with Gasteiger partial charge in [0.15, 0.2) is 9.84 Å². The summed E-state index contributed by atoms with van der Waals surface area (Å²) in [5.74, 6) is -0.515. The topological polar surface area (TPSA) is 78.1 Å².